The number of carbonyl (C=O) groups excluding carboxylic acids is 1. The third-order valence-corrected chi connectivity index (χ3v) is 5.91. The molecular formula is C30H26FN5O2. The van der Waals surface area contributed by atoms with Crippen LogP contribution in [0.5, 0.6) is 0 Å². The highest BCUT2D eigenvalue weighted by molar-refractivity contribution is 5.97. The molecule has 1 unspecified atom stereocenters. The number of aromatic nitrogens is 2. The normalized spacial score (nSPS) is 12.9. The largest absolute Gasteiger partial charge is 0.419 e. The van der Waals surface area contributed by atoms with E-state index in [0.717, 1.165) is 5.56 Å². The topological polar surface area (TPSA) is 118 Å². The monoisotopic (exact) mass is 507 g/mol. The Morgan fingerprint density at radius 1 is 1.13 bits per heavy atom. The molecule has 1 amide bonds. The van der Waals surface area contributed by atoms with Gasteiger partial charge in [-0.2, -0.15) is 5.26 Å². The first kappa shape index (κ1) is 26.3. The molecule has 0 spiro atoms. The minimum atomic E-state index is -0.949. The molecule has 3 aromatic carbocycles. The molecular weight excluding hydrogens is 481 g/mol. The van der Waals surface area contributed by atoms with Crippen LogP contribution < -0.4 is 11.1 Å². The lowest BCUT2D eigenvalue weighted by Crippen LogP contribution is -2.35. The van der Waals surface area contributed by atoms with Crippen LogP contribution in [0.1, 0.15) is 48.1 Å². The number of nitriles is 1. The molecule has 7 nitrogen and oxygen atoms in total. The van der Waals surface area contributed by atoms with Crippen molar-refractivity contribution >= 4 is 5.91 Å². The first-order valence-corrected chi connectivity index (χ1v) is 12.0. The van der Waals surface area contributed by atoms with Gasteiger partial charge in [-0.05, 0) is 62.6 Å². The summed E-state index contributed by atoms with van der Waals surface area (Å²) < 4.78 is 20.4. The highest BCUT2D eigenvalue weighted by Crippen LogP contribution is 2.32. The zero-order valence-corrected chi connectivity index (χ0v) is 21.2. The number of nitrogens with one attached hydrogen (secondary N) is 1. The molecule has 0 aliphatic heterocycles. The van der Waals surface area contributed by atoms with Crippen molar-refractivity contribution in [3.05, 3.63) is 95.1 Å². The molecule has 4 rings (SSSR count). The van der Waals surface area contributed by atoms with Crippen LogP contribution in [0.4, 0.5) is 4.39 Å². The lowest BCUT2D eigenvalue weighted by atomic mass is 9.94. The SMILES string of the molecule is CC#C[C@@H](C)NC(=O)c1cc(-c2nnc(C(C)(N)Cc3ccccc3)o2)cc(-c2cccc(F)c2C#N)c1. The number of rotatable bonds is 7. The maximum absolute atomic E-state index is 14.4. The zero-order valence-electron chi connectivity index (χ0n) is 21.2. The number of carbonyl (C=O) groups is 1. The van der Waals surface area contributed by atoms with Crippen molar-refractivity contribution in [1.29, 1.82) is 5.26 Å². The van der Waals surface area contributed by atoms with Gasteiger partial charge >= 0.3 is 0 Å². The summed E-state index contributed by atoms with van der Waals surface area (Å²) in [6.45, 7) is 5.25. The van der Waals surface area contributed by atoms with Gasteiger partial charge < -0.3 is 15.5 Å². The van der Waals surface area contributed by atoms with Crippen LogP contribution in [0, 0.1) is 29.0 Å². The Hall–Kier alpha value is -4.79. The van der Waals surface area contributed by atoms with Gasteiger partial charge in [0.05, 0.1) is 17.1 Å². The summed E-state index contributed by atoms with van der Waals surface area (Å²) in [5.41, 5.74) is 7.93. The van der Waals surface area contributed by atoms with Crippen molar-refractivity contribution < 1.29 is 13.6 Å². The molecule has 0 aliphatic carbocycles. The van der Waals surface area contributed by atoms with Gasteiger partial charge in [0, 0.05) is 16.7 Å². The molecule has 0 fully saturated rings. The average molecular weight is 508 g/mol. The van der Waals surface area contributed by atoms with Crippen LogP contribution in [0.2, 0.25) is 0 Å². The minimum absolute atomic E-state index is 0.134. The summed E-state index contributed by atoms with van der Waals surface area (Å²) in [6, 6.07) is 20.4. The second-order valence-electron chi connectivity index (χ2n) is 9.15. The van der Waals surface area contributed by atoms with Crippen molar-refractivity contribution in [2.75, 3.05) is 0 Å². The van der Waals surface area contributed by atoms with Crippen LogP contribution in [-0.2, 0) is 12.0 Å². The van der Waals surface area contributed by atoms with Crippen molar-refractivity contribution in [1.82, 2.24) is 15.5 Å². The number of amides is 1. The second-order valence-corrected chi connectivity index (χ2v) is 9.15. The number of nitrogens with zero attached hydrogens (tertiary/aromatic N) is 3. The summed E-state index contributed by atoms with van der Waals surface area (Å²) in [6.07, 6.45) is 0.467. The van der Waals surface area contributed by atoms with E-state index in [1.54, 1.807) is 45.0 Å². The summed E-state index contributed by atoms with van der Waals surface area (Å²) in [5.74, 6) is 4.95. The predicted molar refractivity (Wildman–Crippen MR) is 142 cm³/mol. The number of hydrogen-bond donors (Lipinski definition) is 2. The molecule has 190 valence electrons. The number of nitrogens with two attached hydrogens (primary N) is 1. The second kappa shape index (κ2) is 11.1. The molecule has 2 atom stereocenters. The van der Waals surface area contributed by atoms with E-state index in [1.165, 1.54) is 12.1 Å². The van der Waals surface area contributed by atoms with Crippen LogP contribution >= 0.6 is 0 Å². The fourth-order valence-corrected chi connectivity index (χ4v) is 4.11. The summed E-state index contributed by atoms with van der Waals surface area (Å²) >= 11 is 0. The third-order valence-electron chi connectivity index (χ3n) is 5.91. The lowest BCUT2D eigenvalue weighted by molar-refractivity contribution is 0.0948. The van der Waals surface area contributed by atoms with Gasteiger partial charge in [0.15, 0.2) is 0 Å². The van der Waals surface area contributed by atoms with E-state index >= 15 is 0 Å². The molecule has 38 heavy (non-hydrogen) atoms. The van der Waals surface area contributed by atoms with Crippen molar-refractivity contribution in [2.24, 2.45) is 5.73 Å². The first-order valence-electron chi connectivity index (χ1n) is 12.0. The van der Waals surface area contributed by atoms with Gasteiger partial charge in [0.2, 0.25) is 11.8 Å². The summed E-state index contributed by atoms with van der Waals surface area (Å²) in [5, 5.41) is 20.8. The maximum Gasteiger partial charge on any atom is 0.252 e. The lowest BCUT2D eigenvalue weighted by Gasteiger charge is -2.20. The van der Waals surface area contributed by atoms with E-state index in [2.05, 4.69) is 27.4 Å². The Morgan fingerprint density at radius 2 is 1.87 bits per heavy atom. The summed E-state index contributed by atoms with van der Waals surface area (Å²) in [7, 11) is 0. The molecule has 0 saturated carbocycles. The van der Waals surface area contributed by atoms with E-state index in [0.29, 0.717) is 23.1 Å². The molecule has 0 bridgehead atoms. The highest BCUT2D eigenvalue weighted by Gasteiger charge is 2.29. The van der Waals surface area contributed by atoms with Crippen molar-refractivity contribution in [2.45, 2.75) is 38.8 Å². The minimum Gasteiger partial charge on any atom is -0.419 e. The molecule has 0 radical (unpaired) electrons. The molecule has 0 aliphatic rings. The molecule has 3 N–H and O–H groups in total. The van der Waals surface area contributed by atoms with Gasteiger partial charge in [0.25, 0.3) is 5.91 Å². The van der Waals surface area contributed by atoms with Crippen LogP contribution in [-0.4, -0.2) is 22.1 Å². The zero-order chi connectivity index (χ0) is 27.3. The van der Waals surface area contributed by atoms with E-state index in [-0.39, 0.29) is 22.9 Å². The number of halogens is 1. The van der Waals surface area contributed by atoms with Crippen LogP contribution in [0.3, 0.4) is 0 Å². The van der Waals surface area contributed by atoms with E-state index in [9.17, 15) is 14.4 Å². The predicted octanol–water partition coefficient (Wildman–Crippen LogP) is 4.97. The van der Waals surface area contributed by atoms with Gasteiger partial charge in [-0.25, -0.2) is 4.39 Å². The van der Waals surface area contributed by atoms with Gasteiger partial charge in [-0.15, -0.1) is 16.1 Å². The molecule has 1 aromatic heterocycles. The molecule has 4 aromatic rings. The smallest absolute Gasteiger partial charge is 0.252 e. The Labute approximate surface area is 220 Å². The Bertz CT molecular complexity index is 1580. The fourth-order valence-electron chi connectivity index (χ4n) is 4.11. The van der Waals surface area contributed by atoms with Gasteiger partial charge in [0.1, 0.15) is 11.9 Å². The van der Waals surface area contributed by atoms with Gasteiger partial charge in [-0.1, -0.05) is 48.4 Å². The third kappa shape index (κ3) is 5.78. The quantitative estimate of drug-likeness (QED) is 0.341. The van der Waals surface area contributed by atoms with E-state index in [1.807, 2.05) is 36.4 Å². The van der Waals surface area contributed by atoms with E-state index in [4.69, 9.17) is 10.2 Å². The maximum atomic E-state index is 14.4. The molecule has 8 heteroatoms. The van der Waals surface area contributed by atoms with Crippen molar-refractivity contribution in [3.63, 3.8) is 0 Å². The molecule has 1 heterocycles. The van der Waals surface area contributed by atoms with Crippen LogP contribution in [0.15, 0.2) is 71.1 Å². The Balaban J connectivity index is 1.78. The number of benzene rings is 3. The standard InChI is InChI=1S/C30H26FN5O2/c1-4-9-19(2)34-27(37)22-14-21(24-12-8-13-26(31)25(24)18-32)15-23(16-22)28-35-36-29(38-28)30(3,33)17-20-10-6-5-7-11-20/h5-8,10-16,19H,17,33H2,1-3H3,(H,34,37)/t19-,30?/m1/s1. The molecule has 0 saturated heterocycles. The fraction of sp³-hybridized carbons (Fsp3) is 0.200. The van der Waals surface area contributed by atoms with Crippen molar-refractivity contribution in [3.8, 4) is 40.5 Å². The first-order chi connectivity index (χ1) is 18.2. The average Bonchev–Trinajstić information content (AvgIpc) is 3.40. The number of hydrogen-bond acceptors (Lipinski definition) is 6. The van der Waals surface area contributed by atoms with Crippen LogP contribution in [0.25, 0.3) is 22.6 Å². The van der Waals surface area contributed by atoms with E-state index < -0.39 is 23.3 Å². The Morgan fingerprint density at radius 3 is 2.58 bits per heavy atom. The summed E-state index contributed by atoms with van der Waals surface area (Å²) in [4.78, 5) is 13.1. The Kier molecular flexibility index (Phi) is 7.66. The van der Waals surface area contributed by atoms with Gasteiger partial charge in [-0.3, -0.25) is 4.79 Å². The highest BCUT2D eigenvalue weighted by atomic mass is 19.1.